The summed E-state index contributed by atoms with van der Waals surface area (Å²) in [6.07, 6.45) is 1.41. The Morgan fingerprint density at radius 3 is 2.79 bits per heavy atom. The highest BCUT2D eigenvalue weighted by Crippen LogP contribution is 2.31. The van der Waals surface area contributed by atoms with Crippen molar-refractivity contribution in [2.45, 2.75) is 19.3 Å². The molecule has 5 nitrogen and oxygen atoms in total. The summed E-state index contributed by atoms with van der Waals surface area (Å²) >= 11 is 0. The Bertz CT molecular complexity index is 739. The molecule has 1 heterocycles. The second-order valence-corrected chi connectivity index (χ2v) is 4.65. The number of ketones is 2. The second kappa shape index (κ2) is 4.15. The van der Waals surface area contributed by atoms with E-state index in [1.807, 2.05) is 0 Å². The molecule has 2 aromatic rings. The van der Waals surface area contributed by atoms with Crippen molar-refractivity contribution in [3.63, 3.8) is 0 Å². The van der Waals surface area contributed by atoms with Crippen molar-refractivity contribution in [3.05, 3.63) is 34.1 Å². The van der Waals surface area contributed by atoms with E-state index in [-0.39, 0.29) is 34.8 Å². The highest BCUT2D eigenvalue weighted by Gasteiger charge is 2.31. The van der Waals surface area contributed by atoms with Gasteiger partial charge in [-0.25, -0.2) is 9.18 Å². The van der Waals surface area contributed by atoms with Crippen LogP contribution in [-0.2, 0) is 4.79 Å². The van der Waals surface area contributed by atoms with Gasteiger partial charge in [0.1, 0.15) is 11.3 Å². The van der Waals surface area contributed by atoms with Gasteiger partial charge in [0.25, 0.3) is 0 Å². The van der Waals surface area contributed by atoms with Crippen molar-refractivity contribution in [2.24, 2.45) is 5.92 Å². The summed E-state index contributed by atoms with van der Waals surface area (Å²) < 4.78 is 18.2. The Kier molecular flexibility index (Phi) is 2.58. The molecule has 0 aliphatic heterocycles. The third-order valence-electron chi connectivity index (χ3n) is 3.20. The van der Waals surface area contributed by atoms with E-state index in [4.69, 9.17) is 4.42 Å². The van der Waals surface area contributed by atoms with Gasteiger partial charge in [0.05, 0.1) is 12.0 Å². The zero-order valence-corrected chi connectivity index (χ0v) is 9.86. The van der Waals surface area contributed by atoms with Crippen molar-refractivity contribution < 1.29 is 18.4 Å². The van der Waals surface area contributed by atoms with Crippen LogP contribution in [0.4, 0.5) is 4.39 Å². The van der Waals surface area contributed by atoms with Crippen molar-refractivity contribution in [1.82, 2.24) is 4.98 Å². The molecule has 0 saturated heterocycles. The monoisotopic (exact) mass is 263 g/mol. The van der Waals surface area contributed by atoms with Crippen LogP contribution in [-0.4, -0.2) is 16.6 Å². The van der Waals surface area contributed by atoms with E-state index in [1.54, 1.807) is 0 Å². The van der Waals surface area contributed by atoms with Gasteiger partial charge in [-0.2, -0.15) is 0 Å². The van der Waals surface area contributed by atoms with Crippen LogP contribution in [0.25, 0.3) is 11.1 Å². The number of benzene rings is 1. The van der Waals surface area contributed by atoms with Crippen LogP contribution >= 0.6 is 0 Å². The molecule has 1 aromatic heterocycles. The number of oxazole rings is 1. The van der Waals surface area contributed by atoms with Crippen LogP contribution < -0.4 is 5.76 Å². The number of hydrogen-bond acceptors (Lipinski definition) is 4. The predicted octanol–water partition coefficient (Wildman–Crippen LogP) is 1.81. The molecule has 19 heavy (non-hydrogen) atoms. The van der Waals surface area contributed by atoms with Gasteiger partial charge in [0, 0.05) is 5.92 Å². The number of carbonyl (C=O) groups is 2. The minimum Gasteiger partial charge on any atom is -0.407 e. The molecule has 1 aliphatic carbocycles. The molecule has 3 rings (SSSR count). The SMILES string of the molecule is O=C(CC(=O)C1CC1)c1ccc(F)c2[nH]c(=O)oc12. The molecule has 0 radical (unpaired) electrons. The number of nitrogens with one attached hydrogen (secondary N) is 1. The van der Waals surface area contributed by atoms with Gasteiger partial charge in [0.2, 0.25) is 0 Å². The highest BCUT2D eigenvalue weighted by molar-refractivity contribution is 6.13. The Balaban J connectivity index is 1.99. The number of aromatic amines is 1. The predicted molar refractivity (Wildman–Crippen MR) is 63.5 cm³/mol. The van der Waals surface area contributed by atoms with Crippen LogP contribution in [0.1, 0.15) is 29.6 Å². The van der Waals surface area contributed by atoms with Gasteiger partial charge < -0.3 is 4.42 Å². The number of Topliss-reactive ketones (excluding diaryl/α,β-unsaturated/α-hetero) is 2. The molecule has 98 valence electrons. The first-order valence-corrected chi connectivity index (χ1v) is 5.93. The van der Waals surface area contributed by atoms with E-state index in [0.717, 1.165) is 18.9 Å². The number of rotatable bonds is 4. The van der Waals surface area contributed by atoms with Gasteiger partial charge >= 0.3 is 5.76 Å². The molecular formula is C13H10FNO4. The summed E-state index contributed by atoms with van der Waals surface area (Å²) in [5.41, 5.74) is -0.211. The van der Waals surface area contributed by atoms with Gasteiger partial charge in [-0.1, -0.05) is 0 Å². The average molecular weight is 263 g/mol. The quantitative estimate of drug-likeness (QED) is 0.673. The summed E-state index contributed by atoms with van der Waals surface area (Å²) in [5, 5.41) is 0. The fourth-order valence-corrected chi connectivity index (χ4v) is 2.02. The first kappa shape index (κ1) is 11.8. The summed E-state index contributed by atoms with van der Waals surface area (Å²) in [6.45, 7) is 0. The normalized spacial score (nSPS) is 14.8. The number of hydrogen-bond donors (Lipinski definition) is 1. The van der Waals surface area contributed by atoms with Gasteiger partial charge in [0.15, 0.2) is 17.2 Å². The molecule has 0 unspecified atom stereocenters. The van der Waals surface area contributed by atoms with E-state index in [0.29, 0.717) is 0 Å². The number of H-pyrrole nitrogens is 1. The molecule has 6 heteroatoms. The van der Waals surface area contributed by atoms with Crippen molar-refractivity contribution in [2.75, 3.05) is 0 Å². The number of carbonyl (C=O) groups excluding carboxylic acids is 2. The first-order chi connectivity index (χ1) is 9.06. The van der Waals surface area contributed by atoms with Crippen molar-refractivity contribution >= 4 is 22.7 Å². The molecule has 0 amide bonds. The van der Waals surface area contributed by atoms with E-state index >= 15 is 0 Å². The van der Waals surface area contributed by atoms with Crippen LogP contribution in [0, 0.1) is 11.7 Å². The van der Waals surface area contributed by atoms with Crippen molar-refractivity contribution in [1.29, 1.82) is 0 Å². The first-order valence-electron chi connectivity index (χ1n) is 5.93. The van der Waals surface area contributed by atoms with Crippen LogP contribution in [0.2, 0.25) is 0 Å². The standard InChI is InChI=1S/C13H10FNO4/c14-8-4-3-7(12-11(8)15-13(18)19-12)10(17)5-9(16)6-1-2-6/h3-4,6H,1-2,5H2,(H,15,18). The fraction of sp³-hybridized carbons (Fsp3) is 0.308. The van der Waals surface area contributed by atoms with Crippen LogP contribution in [0.3, 0.4) is 0 Å². The Morgan fingerprint density at radius 2 is 2.11 bits per heavy atom. The maximum atomic E-state index is 13.4. The molecule has 1 aliphatic rings. The lowest BCUT2D eigenvalue weighted by molar-refractivity contribution is -0.119. The van der Waals surface area contributed by atoms with E-state index in [1.165, 1.54) is 6.07 Å². The average Bonchev–Trinajstić information content (AvgIpc) is 3.12. The fourth-order valence-electron chi connectivity index (χ4n) is 2.02. The summed E-state index contributed by atoms with van der Waals surface area (Å²) in [7, 11) is 0. The molecule has 0 atom stereocenters. The van der Waals surface area contributed by atoms with E-state index < -0.39 is 17.4 Å². The molecule has 0 bridgehead atoms. The molecule has 1 aromatic carbocycles. The lowest BCUT2D eigenvalue weighted by Gasteiger charge is -2.01. The summed E-state index contributed by atoms with van der Waals surface area (Å²) in [4.78, 5) is 36.9. The number of fused-ring (bicyclic) bond motifs is 1. The van der Waals surface area contributed by atoms with Gasteiger partial charge in [-0.15, -0.1) is 0 Å². The zero-order valence-electron chi connectivity index (χ0n) is 9.86. The maximum Gasteiger partial charge on any atom is 0.417 e. The highest BCUT2D eigenvalue weighted by atomic mass is 19.1. The molecule has 1 saturated carbocycles. The molecule has 0 spiro atoms. The number of halogens is 1. The van der Waals surface area contributed by atoms with Crippen LogP contribution in [0.5, 0.6) is 0 Å². The minimum atomic E-state index is -0.831. The Morgan fingerprint density at radius 1 is 1.37 bits per heavy atom. The largest absolute Gasteiger partial charge is 0.417 e. The summed E-state index contributed by atoms with van der Waals surface area (Å²) in [5.74, 6) is -2.09. The zero-order chi connectivity index (χ0) is 13.6. The molecular weight excluding hydrogens is 253 g/mol. The Labute approximate surface area is 106 Å². The Hall–Kier alpha value is -2.24. The lowest BCUT2D eigenvalue weighted by Crippen LogP contribution is -2.10. The van der Waals surface area contributed by atoms with Crippen molar-refractivity contribution in [3.8, 4) is 0 Å². The minimum absolute atomic E-state index is 0.0156. The smallest absolute Gasteiger partial charge is 0.407 e. The maximum absolute atomic E-state index is 13.4. The van der Waals surface area contributed by atoms with Crippen LogP contribution in [0.15, 0.2) is 21.3 Å². The molecule has 1 N–H and O–H groups in total. The van der Waals surface area contributed by atoms with E-state index in [9.17, 15) is 18.8 Å². The summed E-state index contributed by atoms with van der Waals surface area (Å²) in [6, 6.07) is 2.31. The second-order valence-electron chi connectivity index (χ2n) is 4.65. The number of aromatic nitrogens is 1. The van der Waals surface area contributed by atoms with E-state index in [2.05, 4.69) is 4.98 Å². The third-order valence-corrected chi connectivity index (χ3v) is 3.20. The molecule has 1 fully saturated rings. The third kappa shape index (κ3) is 2.09. The van der Waals surface area contributed by atoms with Gasteiger partial charge in [-0.05, 0) is 25.0 Å². The van der Waals surface area contributed by atoms with Gasteiger partial charge in [-0.3, -0.25) is 14.6 Å². The lowest BCUT2D eigenvalue weighted by atomic mass is 10.0. The topological polar surface area (TPSA) is 80.1 Å².